The van der Waals surface area contributed by atoms with E-state index in [0.717, 1.165) is 53.3 Å². The molecule has 0 atom stereocenters. The molecule has 1 aromatic heterocycles. The standard InChI is InChI=1S/C21H30N2O4/c1-14-15(2)19(26-4)7-6-17(14)20-22-18(16(3)27-20)10-23-9-5-8-21(11-23,12-24)13-25/h6-7,24-25H,5,8-13H2,1-4H3. The number of likely N-dealkylation sites (tertiary alicyclic amines) is 1. The van der Waals surface area contributed by atoms with Crippen molar-refractivity contribution in [2.75, 3.05) is 33.4 Å². The smallest absolute Gasteiger partial charge is 0.226 e. The van der Waals surface area contributed by atoms with Crippen molar-refractivity contribution in [3.8, 4) is 17.2 Å². The van der Waals surface area contributed by atoms with Gasteiger partial charge in [0.2, 0.25) is 5.89 Å². The predicted molar refractivity (Wildman–Crippen MR) is 104 cm³/mol. The van der Waals surface area contributed by atoms with E-state index >= 15 is 0 Å². The molecule has 0 radical (unpaired) electrons. The monoisotopic (exact) mass is 374 g/mol. The van der Waals surface area contributed by atoms with Crippen LogP contribution in [0.2, 0.25) is 0 Å². The first-order chi connectivity index (χ1) is 12.9. The molecule has 3 rings (SSSR count). The first-order valence-electron chi connectivity index (χ1n) is 9.48. The lowest BCUT2D eigenvalue weighted by Crippen LogP contribution is -2.47. The van der Waals surface area contributed by atoms with E-state index in [0.29, 0.717) is 19.0 Å². The first-order valence-corrected chi connectivity index (χ1v) is 9.48. The van der Waals surface area contributed by atoms with Crippen LogP contribution in [0.15, 0.2) is 16.5 Å². The van der Waals surface area contributed by atoms with Gasteiger partial charge in [-0.2, -0.15) is 0 Å². The van der Waals surface area contributed by atoms with Gasteiger partial charge in [-0.15, -0.1) is 0 Å². The van der Waals surface area contributed by atoms with Crippen LogP contribution in [0.1, 0.15) is 35.4 Å². The fourth-order valence-corrected chi connectivity index (χ4v) is 3.90. The molecule has 6 heteroatoms. The number of hydrogen-bond donors (Lipinski definition) is 2. The summed E-state index contributed by atoms with van der Waals surface area (Å²) in [6.45, 7) is 8.30. The highest BCUT2D eigenvalue weighted by Gasteiger charge is 2.35. The normalized spacial score (nSPS) is 17.3. The Morgan fingerprint density at radius 1 is 1.19 bits per heavy atom. The van der Waals surface area contributed by atoms with Gasteiger partial charge in [-0.3, -0.25) is 4.90 Å². The summed E-state index contributed by atoms with van der Waals surface area (Å²) in [5, 5.41) is 19.4. The highest BCUT2D eigenvalue weighted by Crippen LogP contribution is 2.33. The lowest BCUT2D eigenvalue weighted by molar-refractivity contribution is -0.0136. The van der Waals surface area contributed by atoms with Crippen LogP contribution >= 0.6 is 0 Å². The number of aromatic nitrogens is 1. The number of aliphatic hydroxyl groups is 2. The minimum Gasteiger partial charge on any atom is -0.496 e. The Labute approximate surface area is 160 Å². The molecule has 0 amide bonds. The van der Waals surface area contributed by atoms with E-state index in [2.05, 4.69) is 4.90 Å². The van der Waals surface area contributed by atoms with E-state index < -0.39 is 5.41 Å². The van der Waals surface area contributed by atoms with Crippen molar-refractivity contribution in [3.05, 3.63) is 34.7 Å². The van der Waals surface area contributed by atoms with Gasteiger partial charge in [0.25, 0.3) is 0 Å². The number of methoxy groups -OCH3 is 1. The van der Waals surface area contributed by atoms with Crippen molar-refractivity contribution in [3.63, 3.8) is 0 Å². The molecule has 1 aromatic carbocycles. The maximum Gasteiger partial charge on any atom is 0.226 e. The van der Waals surface area contributed by atoms with Crippen LogP contribution in [0.25, 0.3) is 11.5 Å². The molecule has 2 heterocycles. The highest BCUT2D eigenvalue weighted by atomic mass is 16.5. The van der Waals surface area contributed by atoms with E-state index in [1.807, 2.05) is 32.9 Å². The summed E-state index contributed by atoms with van der Waals surface area (Å²) < 4.78 is 11.4. The summed E-state index contributed by atoms with van der Waals surface area (Å²) in [6.07, 6.45) is 1.81. The van der Waals surface area contributed by atoms with Crippen LogP contribution in [0, 0.1) is 26.2 Å². The third-order valence-corrected chi connectivity index (χ3v) is 5.87. The molecule has 0 saturated carbocycles. The molecular formula is C21H30N2O4. The SMILES string of the molecule is COc1ccc(-c2nc(CN3CCCC(CO)(CO)C3)c(C)o2)c(C)c1C. The molecule has 6 nitrogen and oxygen atoms in total. The zero-order valence-electron chi connectivity index (χ0n) is 16.7. The Morgan fingerprint density at radius 2 is 1.93 bits per heavy atom. The number of ether oxygens (including phenoxy) is 1. The topological polar surface area (TPSA) is 79.0 Å². The third kappa shape index (κ3) is 3.88. The van der Waals surface area contributed by atoms with Gasteiger partial charge in [-0.05, 0) is 63.4 Å². The maximum absolute atomic E-state index is 9.70. The molecular weight excluding hydrogens is 344 g/mol. The molecule has 27 heavy (non-hydrogen) atoms. The Kier molecular flexibility index (Phi) is 5.89. The number of aliphatic hydroxyl groups excluding tert-OH is 2. The van der Waals surface area contributed by atoms with Crippen molar-refractivity contribution in [2.45, 2.75) is 40.2 Å². The summed E-state index contributed by atoms with van der Waals surface area (Å²) in [5.41, 5.74) is 3.65. The summed E-state index contributed by atoms with van der Waals surface area (Å²) in [7, 11) is 1.67. The van der Waals surface area contributed by atoms with E-state index in [-0.39, 0.29) is 13.2 Å². The minimum atomic E-state index is -0.414. The molecule has 148 valence electrons. The van der Waals surface area contributed by atoms with Crippen LogP contribution in [0.4, 0.5) is 0 Å². The fraction of sp³-hybridized carbons (Fsp3) is 0.571. The Balaban J connectivity index is 1.82. The van der Waals surface area contributed by atoms with Gasteiger partial charge >= 0.3 is 0 Å². The molecule has 1 fully saturated rings. The number of oxazole rings is 1. The number of nitrogens with zero attached hydrogens (tertiary/aromatic N) is 2. The summed E-state index contributed by atoms with van der Waals surface area (Å²) >= 11 is 0. The second kappa shape index (κ2) is 8.00. The van der Waals surface area contributed by atoms with Gasteiger partial charge < -0.3 is 19.4 Å². The molecule has 0 spiro atoms. The Morgan fingerprint density at radius 3 is 2.59 bits per heavy atom. The van der Waals surface area contributed by atoms with Gasteiger partial charge in [0, 0.05) is 24.1 Å². The molecule has 0 bridgehead atoms. The molecule has 1 aliphatic heterocycles. The summed E-state index contributed by atoms with van der Waals surface area (Å²) in [5.74, 6) is 2.29. The molecule has 2 N–H and O–H groups in total. The maximum atomic E-state index is 9.70. The van der Waals surface area contributed by atoms with Crippen molar-refractivity contribution in [2.24, 2.45) is 5.41 Å². The number of aryl methyl sites for hydroxylation is 1. The van der Waals surface area contributed by atoms with E-state index in [1.165, 1.54) is 0 Å². The lowest BCUT2D eigenvalue weighted by Gasteiger charge is -2.40. The predicted octanol–water partition coefficient (Wildman–Crippen LogP) is 2.84. The van der Waals surface area contributed by atoms with E-state index in [9.17, 15) is 10.2 Å². The van der Waals surface area contributed by atoms with Crippen molar-refractivity contribution in [1.29, 1.82) is 0 Å². The highest BCUT2D eigenvalue weighted by molar-refractivity contribution is 5.63. The van der Waals surface area contributed by atoms with Crippen LogP contribution in [0.3, 0.4) is 0 Å². The van der Waals surface area contributed by atoms with Gasteiger partial charge in [-0.25, -0.2) is 4.98 Å². The molecule has 2 aromatic rings. The van der Waals surface area contributed by atoms with Gasteiger partial charge in [0.15, 0.2) is 0 Å². The number of hydrogen-bond acceptors (Lipinski definition) is 6. The minimum absolute atomic E-state index is 0.00731. The molecule has 0 aliphatic carbocycles. The van der Waals surface area contributed by atoms with E-state index in [4.69, 9.17) is 14.1 Å². The van der Waals surface area contributed by atoms with Crippen molar-refractivity contribution < 1.29 is 19.4 Å². The number of benzene rings is 1. The third-order valence-electron chi connectivity index (χ3n) is 5.87. The second-order valence-corrected chi connectivity index (χ2v) is 7.72. The summed E-state index contributed by atoms with van der Waals surface area (Å²) in [4.78, 5) is 7.00. The van der Waals surface area contributed by atoms with Gasteiger partial charge in [0.1, 0.15) is 11.5 Å². The molecule has 1 saturated heterocycles. The number of rotatable bonds is 6. The number of piperidine rings is 1. The van der Waals surface area contributed by atoms with E-state index in [1.54, 1.807) is 7.11 Å². The van der Waals surface area contributed by atoms with Crippen LogP contribution in [-0.2, 0) is 6.54 Å². The zero-order valence-corrected chi connectivity index (χ0v) is 16.7. The average Bonchev–Trinajstić information content (AvgIpc) is 3.04. The average molecular weight is 374 g/mol. The first kappa shape index (κ1) is 19.9. The van der Waals surface area contributed by atoms with Crippen LogP contribution in [0.5, 0.6) is 5.75 Å². The van der Waals surface area contributed by atoms with Crippen molar-refractivity contribution in [1.82, 2.24) is 9.88 Å². The largest absolute Gasteiger partial charge is 0.496 e. The second-order valence-electron chi connectivity index (χ2n) is 7.72. The summed E-state index contributed by atoms with van der Waals surface area (Å²) in [6, 6.07) is 3.93. The lowest BCUT2D eigenvalue weighted by atomic mass is 9.81. The zero-order chi connectivity index (χ0) is 19.6. The molecule has 1 aliphatic rings. The Bertz CT molecular complexity index is 796. The molecule has 0 unspecified atom stereocenters. The van der Waals surface area contributed by atoms with Crippen LogP contribution in [-0.4, -0.2) is 53.5 Å². The Hall–Kier alpha value is -1.89. The van der Waals surface area contributed by atoms with Gasteiger partial charge in [0.05, 0.1) is 26.0 Å². The quantitative estimate of drug-likeness (QED) is 0.809. The van der Waals surface area contributed by atoms with Gasteiger partial charge in [-0.1, -0.05) is 0 Å². The van der Waals surface area contributed by atoms with Crippen LogP contribution < -0.4 is 4.74 Å². The van der Waals surface area contributed by atoms with Crippen molar-refractivity contribution >= 4 is 0 Å². The fourth-order valence-electron chi connectivity index (χ4n) is 3.90.